The van der Waals surface area contributed by atoms with Crippen molar-refractivity contribution in [2.75, 3.05) is 7.11 Å². The van der Waals surface area contributed by atoms with Gasteiger partial charge >= 0.3 is 0 Å². The summed E-state index contributed by atoms with van der Waals surface area (Å²) in [6, 6.07) is 7.24. The number of rotatable bonds is 5. The van der Waals surface area contributed by atoms with Crippen LogP contribution in [0.3, 0.4) is 0 Å². The average Bonchev–Trinajstić information content (AvgIpc) is 3.09. The number of carbonyl (C=O) groups excluding carboxylic acids is 1. The van der Waals surface area contributed by atoms with Gasteiger partial charge in [0, 0.05) is 4.88 Å². The van der Waals surface area contributed by atoms with Gasteiger partial charge in [0.1, 0.15) is 12.3 Å². The minimum atomic E-state index is -0.441. The van der Waals surface area contributed by atoms with E-state index in [0.29, 0.717) is 16.1 Å². The number of methoxy groups -OCH3 is 1. The summed E-state index contributed by atoms with van der Waals surface area (Å²) in [4.78, 5) is 26.9. The predicted octanol–water partition coefficient (Wildman–Crippen LogP) is 2.14. The summed E-state index contributed by atoms with van der Waals surface area (Å²) in [7, 11) is 1.60. The molecule has 29 heavy (non-hydrogen) atoms. The number of thiophene rings is 1. The third-order valence-corrected chi connectivity index (χ3v) is 6.14. The molecule has 0 spiro atoms. The summed E-state index contributed by atoms with van der Waals surface area (Å²) in [6.07, 6.45) is 4.42. The Kier molecular flexibility index (Phi) is 5.39. The lowest BCUT2D eigenvalue weighted by Gasteiger charge is -2.17. The van der Waals surface area contributed by atoms with Crippen LogP contribution in [-0.4, -0.2) is 34.2 Å². The third-order valence-electron chi connectivity index (χ3n) is 5.00. The standard InChI is InChI=1S/C20H21N5O3S/c1-12-3-8-15-16(9-12)29-19-18(15)20(27)25(24-23-19)11-17(26)22-21-10-13-4-6-14(28-2)7-5-13/h4-7,10,12H,3,8-9,11H2,1-2H3,(H,22,26)/b21-10-/t12-/m0/s1. The van der Waals surface area contributed by atoms with Crippen molar-refractivity contribution in [1.82, 2.24) is 20.4 Å². The van der Waals surface area contributed by atoms with Crippen molar-refractivity contribution in [3.63, 3.8) is 0 Å². The van der Waals surface area contributed by atoms with Crippen LogP contribution >= 0.6 is 11.3 Å². The number of aryl methyl sites for hydroxylation is 1. The Morgan fingerprint density at radius 2 is 2.21 bits per heavy atom. The quantitative estimate of drug-likeness (QED) is 0.512. The highest BCUT2D eigenvalue weighted by Crippen LogP contribution is 2.35. The monoisotopic (exact) mass is 411 g/mol. The van der Waals surface area contributed by atoms with E-state index in [9.17, 15) is 9.59 Å². The molecule has 2 heterocycles. The maximum Gasteiger partial charge on any atom is 0.279 e. The number of hydrogen-bond donors (Lipinski definition) is 1. The van der Waals surface area contributed by atoms with Crippen LogP contribution in [0.15, 0.2) is 34.2 Å². The Morgan fingerprint density at radius 1 is 1.41 bits per heavy atom. The maximum absolute atomic E-state index is 12.9. The lowest BCUT2D eigenvalue weighted by molar-refractivity contribution is -0.121. The Labute approximate surface area is 171 Å². The summed E-state index contributed by atoms with van der Waals surface area (Å²) in [6.45, 7) is 1.98. The maximum atomic E-state index is 12.9. The van der Waals surface area contributed by atoms with E-state index in [1.807, 2.05) is 12.1 Å². The molecule has 0 aliphatic heterocycles. The first-order valence-electron chi connectivity index (χ1n) is 9.39. The highest BCUT2D eigenvalue weighted by molar-refractivity contribution is 7.18. The highest BCUT2D eigenvalue weighted by Gasteiger charge is 2.24. The van der Waals surface area contributed by atoms with E-state index in [1.54, 1.807) is 19.2 Å². The smallest absolute Gasteiger partial charge is 0.279 e. The molecule has 0 fully saturated rings. The van der Waals surface area contributed by atoms with Gasteiger partial charge in [0.15, 0.2) is 4.83 Å². The van der Waals surface area contributed by atoms with Gasteiger partial charge in [-0.1, -0.05) is 12.1 Å². The summed E-state index contributed by atoms with van der Waals surface area (Å²) in [5.41, 5.74) is 4.04. The number of carbonyl (C=O) groups is 1. The number of amides is 1. The van der Waals surface area contributed by atoms with Crippen LogP contribution < -0.4 is 15.7 Å². The second-order valence-electron chi connectivity index (χ2n) is 7.15. The van der Waals surface area contributed by atoms with Crippen LogP contribution in [0.5, 0.6) is 5.75 Å². The lowest BCUT2D eigenvalue weighted by Crippen LogP contribution is -2.32. The molecule has 1 aliphatic carbocycles. The fraction of sp³-hybridized carbons (Fsp3) is 0.350. The van der Waals surface area contributed by atoms with Crippen LogP contribution in [0, 0.1) is 5.92 Å². The molecule has 1 atom stereocenters. The minimum absolute atomic E-state index is 0.233. The highest BCUT2D eigenvalue weighted by atomic mass is 32.1. The molecule has 9 heteroatoms. The molecule has 1 amide bonds. The Bertz CT molecular complexity index is 1130. The number of hydrazone groups is 1. The normalized spacial score (nSPS) is 16.1. The molecule has 0 unspecified atom stereocenters. The number of hydrogen-bond acceptors (Lipinski definition) is 7. The zero-order valence-corrected chi connectivity index (χ0v) is 17.0. The third kappa shape index (κ3) is 4.04. The van der Waals surface area contributed by atoms with E-state index in [0.717, 1.165) is 40.8 Å². The van der Waals surface area contributed by atoms with E-state index < -0.39 is 5.91 Å². The molecule has 4 rings (SSSR count). The second kappa shape index (κ2) is 8.12. The molecule has 1 aliphatic rings. The zero-order valence-electron chi connectivity index (χ0n) is 16.2. The summed E-state index contributed by atoms with van der Waals surface area (Å²) in [5.74, 6) is 0.910. The number of fused-ring (bicyclic) bond motifs is 3. The van der Waals surface area contributed by atoms with E-state index >= 15 is 0 Å². The molecule has 150 valence electrons. The van der Waals surface area contributed by atoms with Gasteiger partial charge in [0.05, 0.1) is 18.7 Å². The molecule has 1 N–H and O–H groups in total. The van der Waals surface area contributed by atoms with Crippen LogP contribution in [0.2, 0.25) is 0 Å². The zero-order chi connectivity index (χ0) is 20.4. The summed E-state index contributed by atoms with van der Waals surface area (Å²) >= 11 is 1.54. The van der Waals surface area contributed by atoms with Crippen molar-refractivity contribution in [3.05, 3.63) is 50.6 Å². The second-order valence-corrected chi connectivity index (χ2v) is 8.23. The molecule has 0 saturated carbocycles. The average molecular weight is 411 g/mol. The molecule has 1 aromatic carbocycles. The Balaban J connectivity index is 1.47. The van der Waals surface area contributed by atoms with E-state index in [1.165, 1.54) is 22.4 Å². The molecular formula is C20H21N5O3S. The first kappa shape index (κ1) is 19.3. The van der Waals surface area contributed by atoms with Crippen LogP contribution in [0.1, 0.15) is 29.3 Å². The number of aromatic nitrogens is 3. The van der Waals surface area contributed by atoms with Crippen LogP contribution in [0.4, 0.5) is 0 Å². The Morgan fingerprint density at radius 3 is 2.97 bits per heavy atom. The number of ether oxygens (including phenoxy) is 1. The van der Waals surface area contributed by atoms with E-state index in [-0.39, 0.29) is 12.1 Å². The first-order valence-corrected chi connectivity index (χ1v) is 10.2. The first-order chi connectivity index (χ1) is 14.0. The number of nitrogens with one attached hydrogen (secondary N) is 1. The molecule has 3 aromatic rings. The van der Waals surface area contributed by atoms with Crippen molar-refractivity contribution in [2.45, 2.75) is 32.7 Å². The van der Waals surface area contributed by atoms with Crippen molar-refractivity contribution < 1.29 is 9.53 Å². The SMILES string of the molecule is COc1ccc(/C=N\NC(=O)Cn2nnc3sc4c(c3c2=O)CC[C@H](C)C4)cc1. The van der Waals surface area contributed by atoms with Gasteiger partial charge in [-0.25, -0.2) is 10.1 Å². The Hall–Kier alpha value is -3.07. The van der Waals surface area contributed by atoms with E-state index in [2.05, 4.69) is 27.8 Å². The molecule has 0 saturated heterocycles. The van der Waals surface area contributed by atoms with Gasteiger partial charge < -0.3 is 4.74 Å². The topological polar surface area (TPSA) is 98.5 Å². The molecule has 0 bridgehead atoms. The molecule has 2 aromatic heterocycles. The van der Waals surface area contributed by atoms with Gasteiger partial charge in [-0.2, -0.15) is 5.10 Å². The largest absolute Gasteiger partial charge is 0.497 e. The number of benzene rings is 1. The van der Waals surface area contributed by atoms with Gasteiger partial charge in [0.2, 0.25) is 0 Å². The predicted molar refractivity (Wildman–Crippen MR) is 112 cm³/mol. The number of nitrogens with zero attached hydrogens (tertiary/aromatic N) is 4. The fourth-order valence-corrected chi connectivity index (χ4v) is 4.75. The van der Waals surface area contributed by atoms with Crippen molar-refractivity contribution in [3.8, 4) is 5.75 Å². The molecule has 0 radical (unpaired) electrons. The van der Waals surface area contributed by atoms with Gasteiger partial charge in [0.25, 0.3) is 11.5 Å². The van der Waals surface area contributed by atoms with Gasteiger partial charge in [-0.05, 0) is 60.6 Å². The van der Waals surface area contributed by atoms with Gasteiger partial charge in [-0.15, -0.1) is 16.4 Å². The van der Waals surface area contributed by atoms with Crippen molar-refractivity contribution in [2.24, 2.45) is 11.0 Å². The van der Waals surface area contributed by atoms with Crippen LogP contribution in [0.25, 0.3) is 10.2 Å². The minimum Gasteiger partial charge on any atom is -0.497 e. The van der Waals surface area contributed by atoms with Gasteiger partial charge in [-0.3, -0.25) is 9.59 Å². The van der Waals surface area contributed by atoms with Crippen molar-refractivity contribution >= 4 is 33.7 Å². The summed E-state index contributed by atoms with van der Waals surface area (Å²) in [5, 5.41) is 12.6. The summed E-state index contributed by atoms with van der Waals surface area (Å²) < 4.78 is 6.20. The van der Waals surface area contributed by atoms with E-state index in [4.69, 9.17) is 4.74 Å². The van der Waals surface area contributed by atoms with Crippen LogP contribution in [-0.2, 0) is 24.2 Å². The molecular weight excluding hydrogens is 390 g/mol. The fourth-order valence-electron chi connectivity index (χ4n) is 3.44. The lowest BCUT2D eigenvalue weighted by atomic mass is 9.89. The van der Waals surface area contributed by atoms with Crippen molar-refractivity contribution in [1.29, 1.82) is 0 Å². The molecule has 8 nitrogen and oxygen atoms in total.